The number of carbonyl (C=O) groups excluding carboxylic acids is 1. The number of hydrazone groups is 1. The van der Waals surface area contributed by atoms with Crippen molar-refractivity contribution in [1.29, 1.82) is 0 Å². The lowest BCUT2D eigenvalue weighted by Gasteiger charge is -2.01. The standard InChI is InChI=1S/C12H23N3O2/c1-4-5-6-7-8-9-12(16)14-13-10(2)11(3)15-17/h17H,4-9H2,1-3H3,(H,14,16)/b13-10-,15-11-. The molecule has 0 heterocycles. The molecule has 0 rings (SSSR count). The first-order valence-corrected chi connectivity index (χ1v) is 6.14. The molecule has 0 saturated heterocycles. The Labute approximate surface area is 103 Å². The molecular weight excluding hydrogens is 218 g/mol. The van der Waals surface area contributed by atoms with Crippen LogP contribution < -0.4 is 5.43 Å². The van der Waals surface area contributed by atoms with E-state index in [1.807, 2.05) is 0 Å². The summed E-state index contributed by atoms with van der Waals surface area (Å²) in [7, 11) is 0. The van der Waals surface area contributed by atoms with Crippen molar-refractivity contribution in [2.75, 3.05) is 0 Å². The van der Waals surface area contributed by atoms with Crippen molar-refractivity contribution in [3.8, 4) is 0 Å². The van der Waals surface area contributed by atoms with Gasteiger partial charge in [0.15, 0.2) is 0 Å². The van der Waals surface area contributed by atoms with Crippen LogP contribution in [0.3, 0.4) is 0 Å². The van der Waals surface area contributed by atoms with Gasteiger partial charge in [-0.05, 0) is 20.3 Å². The number of rotatable bonds is 8. The van der Waals surface area contributed by atoms with Crippen molar-refractivity contribution in [2.45, 2.75) is 59.3 Å². The second kappa shape index (κ2) is 9.81. The summed E-state index contributed by atoms with van der Waals surface area (Å²) >= 11 is 0. The minimum Gasteiger partial charge on any atom is -0.411 e. The van der Waals surface area contributed by atoms with E-state index >= 15 is 0 Å². The number of carbonyl (C=O) groups is 1. The molecule has 0 aromatic carbocycles. The van der Waals surface area contributed by atoms with Crippen LogP contribution in [0.15, 0.2) is 10.3 Å². The van der Waals surface area contributed by atoms with Crippen LogP contribution >= 0.6 is 0 Å². The summed E-state index contributed by atoms with van der Waals surface area (Å²) in [5.74, 6) is -0.0911. The highest BCUT2D eigenvalue weighted by molar-refractivity contribution is 6.40. The van der Waals surface area contributed by atoms with E-state index in [1.54, 1.807) is 13.8 Å². The molecule has 2 N–H and O–H groups in total. The molecule has 0 unspecified atom stereocenters. The van der Waals surface area contributed by atoms with E-state index in [2.05, 4.69) is 22.6 Å². The summed E-state index contributed by atoms with van der Waals surface area (Å²) < 4.78 is 0. The van der Waals surface area contributed by atoms with Gasteiger partial charge in [0.2, 0.25) is 5.91 Å². The predicted octanol–water partition coefficient (Wildman–Crippen LogP) is 2.69. The Bertz CT molecular complexity index is 285. The zero-order valence-corrected chi connectivity index (χ0v) is 11.0. The lowest BCUT2D eigenvalue weighted by Crippen LogP contribution is -2.20. The third-order valence-corrected chi connectivity index (χ3v) is 2.53. The Morgan fingerprint density at radius 1 is 1.12 bits per heavy atom. The van der Waals surface area contributed by atoms with E-state index in [0.717, 1.165) is 12.8 Å². The molecule has 0 aliphatic rings. The maximum atomic E-state index is 11.4. The first kappa shape index (κ1) is 15.6. The van der Waals surface area contributed by atoms with Gasteiger partial charge in [-0.2, -0.15) is 5.10 Å². The molecule has 0 radical (unpaired) electrons. The molecule has 0 atom stereocenters. The van der Waals surface area contributed by atoms with E-state index in [4.69, 9.17) is 5.21 Å². The molecular formula is C12H23N3O2. The largest absolute Gasteiger partial charge is 0.411 e. The van der Waals surface area contributed by atoms with Gasteiger partial charge >= 0.3 is 0 Å². The molecule has 0 saturated carbocycles. The second-order valence-electron chi connectivity index (χ2n) is 4.08. The third-order valence-electron chi connectivity index (χ3n) is 2.53. The van der Waals surface area contributed by atoms with E-state index in [1.165, 1.54) is 19.3 Å². The first-order valence-electron chi connectivity index (χ1n) is 6.14. The van der Waals surface area contributed by atoms with Crippen molar-refractivity contribution in [1.82, 2.24) is 5.43 Å². The average molecular weight is 241 g/mol. The summed E-state index contributed by atoms with van der Waals surface area (Å²) in [5.41, 5.74) is 3.35. The fourth-order valence-electron chi connectivity index (χ4n) is 1.24. The number of nitrogens with zero attached hydrogens (tertiary/aromatic N) is 2. The molecule has 0 aliphatic carbocycles. The van der Waals surface area contributed by atoms with Crippen LogP contribution in [-0.2, 0) is 4.79 Å². The van der Waals surface area contributed by atoms with Crippen LogP contribution in [0.5, 0.6) is 0 Å². The number of oxime groups is 1. The zero-order chi connectivity index (χ0) is 13.1. The summed E-state index contributed by atoms with van der Waals surface area (Å²) in [5, 5.41) is 15.3. The molecule has 0 aliphatic heterocycles. The van der Waals surface area contributed by atoms with Crippen LogP contribution in [0.4, 0.5) is 0 Å². The van der Waals surface area contributed by atoms with Crippen LogP contribution in [-0.4, -0.2) is 22.5 Å². The van der Waals surface area contributed by atoms with Gasteiger partial charge in [0.1, 0.15) is 0 Å². The van der Waals surface area contributed by atoms with E-state index < -0.39 is 0 Å². The van der Waals surface area contributed by atoms with Gasteiger partial charge in [-0.25, -0.2) is 5.43 Å². The van der Waals surface area contributed by atoms with E-state index in [0.29, 0.717) is 17.8 Å². The second-order valence-corrected chi connectivity index (χ2v) is 4.08. The van der Waals surface area contributed by atoms with Crippen molar-refractivity contribution < 1.29 is 10.0 Å². The Morgan fingerprint density at radius 3 is 2.35 bits per heavy atom. The Balaban J connectivity index is 3.73. The Hall–Kier alpha value is -1.39. The van der Waals surface area contributed by atoms with Gasteiger partial charge in [-0.3, -0.25) is 4.79 Å². The van der Waals surface area contributed by atoms with Crippen LogP contribution in [0.25, 0.3) is 0 Å². The quantitative estimate of drug-likeness (QED) is 0.297. The number of hydrogen-bond acceptors (Lipinski definition) is 4. The van der Waals surface area contributed by atoms with Crippen molar-refractivity contribution in [3.05, 3.63) is 0 Å². The topological polar surface area (TPSA) is 74.0 Å². The minimum absolute atomic E-state index is 0.0911. The Morgan fingerprint density at radius 2 is 1.76 bits per heavy atom. The van der Waals surface area contributed by atoms with Crippen LogP contribution in [0, 0.1) is 0 Å². The molecule has 5 heteroatoms. The van der Waals surface area contributed by atoms with Gasteiger partial charge in [0.25, 0.3) is 0 Å². The highest BCUT2D eigenvalue weighted by Gasteiger charge is 2.01. The fraction of sp³-hybridized carbons (Fsp3) is 0.750. The van der Waals surface area contributed by atoms with E-state index in [9.17, 15) is 4.79 Å². The molecule has 0 aromatic rings. The molecule has 98 valence electrons. The summed E-state index contributed by atoms with van der Waals surface area (Å²) in [4.78, 5) is 11.4. The highest BCUT2D eigenvalue weighted by Crippen LogP contribution is 2.04. The van der Waals surface area contributed by atoms with Crippen molar-refractivity contribution in [2.24, 2.45) is 10.3 Å². The normalized spacial score (nSPS) is 12.6. The lowest BCUT2D eigenvalue weighted by molar-refractivity contribution is -0.121. The van der Waals surface area contributed by atoms with Gasteiger partial charge in [0.05, 0.1) is 11.4 Å². The van der Waals surface area contributed by atoms with Crippen molar-refractivity contribution >= 4 is 17.3 Å². The highest BCUT2D eigenvalue weighted by atomic mass is 16.4. The van der Waals surface area contributed by atoms with Crippen LogP contribution in [0.2, 0.25) is 0 Å². The van der Waals surface area contributed by atoms with Crippen molar-refractivity contribution in [3.63, 3.8) is 0 Å². The average Bonchev–Trinajstić information content (AvgIpc) is 2.34. The number of amides is 1. The monoisotopic (exact) mass is 241 g/mol. The fourth-order valence-corrected chi connectivity index (χ4v) is 1.24. The molecule has 17 heavy (non-hydrogen) atoms. The smallest absolute Gasteiger partial charge is 0.240 e. The molecule has 1 amide bonds. The van der Waals surface area contributed by atoms with Gasteiger partial charge in [0, 0.05) is 6.42 Å². The van der Waals surface area contributed by atoms with Gasteiger partial charge in [-0.15, -0.1) is 0 Å². The zero-order valence-electron chi connectivity index (χ0n) is 11.0. The molecule has 0 bridgehead atoms. The molecule has 0 aromatic heterocycles. The van der Waals surface area contributed by atoms with Crippen LogP contribution in [0.1, 0.15) is 59.3 Å². The number of hydrogen-bond donors (Lipinski definition) is 2. The number of nitrogens with one attached hydrogen (secondary N) is 1. The Kier molecular flexibility index (Phi) is 9.01. The predicted molar refractivity (Wildman–Crippen MR) is 69.5 cm³/mol. The summed E-state index contributed by atoms with van der Waals surface area (Å²) in [6.07, 6.45) is 6.09. The maximum Gasteiger partial charge on any atom is 0.240 e. The van der Waals surface area contributed by atoms with Gasteiger partial charge in [-0.1, -0.05) is 37.8 Å². The summed E-state index contributed by atoms with van der Waals surface area (Å²) in [6, 6.07) is 0. The third kappa shape index (κ3) is 8.42. The van der Waals surface area contributed by atoms with Gasteiger partial charge < -0.3 is 5.21 Å². The van der Waals surface area contributed by atoms with E-state index in [-0.39, 0.29) is 5.91 Å². The molecule has 0 spiro atoms. The lowest BCUT2D eigenvalue weighted by atomic mass is 10.1. The molecule has 5 nitrogen and oxygen atoms in total. The minimum atomic E-state index is -0.0911. The first-order chi connectivity index (χ1) is 8.11. The number of unbranched alkanes of at least 4 members (excludes halogenated alkanes) is 4. The SMILES string of the molecule is CCCCCCCC(=O)N/N=C(C)\C(C)=N/O. The summed E-state index contributed by atoms with van der Waals surface area (Å²) in [6.45, 7) is 5.46. The molecule has 0 fully saturated rings. The maximum absolute atomic E-state index is 11.4.